The average Bonchev–Trinajstić information content (AvgIpc) is 3.38. The van der Waals surface area contributed by atoms with Crippen LogP contribution in [0.1, 0.15) is 5.56 Å². The summed E-state index contributed by atoms with van der Waals surface area (Å²) in [6.45, 7) is 0.414. The zero-order valence-electron chi connectivity index (χ0n) is 15.3. The number of hydrogen-bond acceptors (Lipinski definition) is 7. The van der Waals surface area contributed by atoms with E-state index < -0.39 is 24.1 Å². The van der Waals surface area contributed by atoms with Crippen molar-refractivity contribution in [2.45, 2.75) is 31.0 Å². The minimum absolute atomic E-state index is 0.0723. The van der Waals surface area contributed by atoms with Crippen LogP contribution < -0.4 is 9.47 Å². The van der Waals surface area contributed by atoms with Gasteiger partial charge in [0, 0.05) is 10.6 Å². The predicted molar refractivity (Wildman–Crippen MR) is 105 cm³/mol. The molecule has 2 aliphatic rings. The number of ether oxygens (including phenoxy) is 4. The molecule has 2 aromatic heterocycles. The van der Waals surface area contributed by atoms with Crippen LogP contribution in [0.4, 0.5) is 4.39 Å². The summed E-state index contributed by atoms with van der Waals surface area (Å²) >= 11 is 12.0. The third-order valence-electron chi connectivity index (χ3n) is 5.00. The fourth-order valence-electron chi connectivity index (χ4n) is 3.51. The van der Waals surface area contributed by atoms with Crippen LogP contribution in [-0.2, 0) is 16.1 Å². The van der Waals surface area contributed by atoms with Gasteiger partial charge in [-0.2, -0.15) is 9.97 Å². The molecule has 0 amide bonds. The van der Waals surface area contributed by atoms with Gasteiger partial charge in [0.15, 0.2) is 11.8 Å². The van der Waals surface area contributed by atoms with Gasteiger partial charge in [0.25, 0.3) is 6.01 Å². The second kappa shape index (κ2) is 7.82. The molecule has 0 unspecified atom stereocenters. The Morgan fingerprint density at radius 1 is 1.17 bits per heavy atom. The molecule has 0 radical (unpaired) electrons. The molecular weight excluding hydrogens is 440 g/mol. The van der Waals surface area contributed by atoms with Crippen molar-refractivity contribution >= 4 is 34.4 Å². The number of aromatic amines is 1. The number of nitrogens with zero attached hydrogens (tertiary/aromatic N) is 2. The van der Waals surface area contributed by atoms with Crippen LogP contribution in [0.2, 0.25) is 10.0 Å². The first-order valence-electron chi connectivity index (χ1n) is 9.19. The molecule has 0 bridgehead atoms. The van der Waals surface area contributed by atoms with Crippen molar-refractivity contribution in [2.24, 2.45) is 0 Å². The van der Waals surface area contributed by atoms with Crippen LogP contribution in [-0.4, -0.2) is 57.7 Å². The van der Waals surface area contributed by atoms with Gasteiger partial charge in [-0.1, -0.05) is 29.3 Å². The SMILES string of the molecule is O[C@@H]1CO[C@H]2[C@@H]1OC[C@H]2Oc1nc2nc(OCc3ccc(Cl)cc3F)c(Cl)cc2[nH]1. The molecule has 1 aromatic carbocycles. The lowest BCUT2D eigenvalue weighted by Crippen LogP contribution is -2.34. The van der Waals surface area contributed by atoms with E-state index in [1.54, 1.807) is 12.1 Å². The zero-order valence-corrected chi connectivity index (χ0v) is 16.9. The summed E-state index contributed by atoms with van der Waals surface area (Å²) in [6.07, 6.45) is -1.84. The molecule has 30 heavy (non-hydrogen) atoms. The first-order chi connectivity index (χ1) is 14.5. The van der Waals surface area contributed by atoms with Crippen LogP contribution in [0.25, 0.3) is 11.2 Å². The molecular formula is C19H16Cl2FN3O5. The van der Waals surface area contributed by atoms with E-state index in [0.717, 1.165) is 0 Å². The third-order valence-corrected chi connectivity index (χ3v) is 5.50. The maximum Gasteiger partial charge on any atom is 0.296 e. The van der Waals surface area contributed by atoms with Gasteiger partial charge in [0.1, 0.15) is 35.8 Å². The van der Waals surface area contributed by atoms with Crippen molar-refractivity contribution in [3.8, 4) is 11.9 Å². The van der Waals surface area contributed by atoms with Crippen molar-refractivity contribution in [2.75, 3.05) is 13.2 Å². The van der Waals surface area contributed by atoms with Crippen LogP contribution in [0.15, 0.2) is 24.3 Å². The maximum absolute atomic E-state index is 13.9. The van der Waals surface area contributed by atoms with Crippen molar-refractivity contribution in [1.82, 2.24) is 15.0 Å². The highest BCUT2D eigenvalue weighted by Crippen LogP contribution is 2.31. The van der Waals surface area contributed by atoms with Crippen molar-refractivity contribution < 1.29 is 28.4 Å². The molecule has 0 saturated carbocycles. The number of imidazole rings is 1. The Morgan fingerprint density at radius 3 is 2.83 bits per heavy atom. The summed E-state index contributed by atoms with van der Waals surface area (Å²) in [5, 5.41) is 10.4. The first kappa shape index (κ1) is 19.8. The van der Waals surface area contributed by atoms with Crippen molar-refractivity contribution in [1.29, 1.82) is 0 Å². The lowest BCUT2D eigenvalue weighted by atomic mass is 10.1. The number of aromatic nitrogens is 3. The Bertz CT molecular complexity index is 1100. The quantitative estimate of drug-likeness (QED) is 0.609. The lowest BCUT2D eigenvalue weighted by Gasteiger charge is -2.15. The lowest BCUT2D eigenvalue weighted by molar-refractivity contribution is 0.00706. The van der Waals surface area contributed by atoms with Gasteiger partial charge < -0.3 is 29.0 Å². The minimum atomic E-state index is -0.662. The number of benzene rings is 1. The number of aliphatic hydroxyl groups excluding tert-OH is 1. The monoisotopic (exact) mass is 455 g/mol. The highest BCUT2D eigenvalue weighted by Gasteiger charge is 2.48. The number of halogens is 3. The van der Waals surface area contributed by atoms with E-state index in [1.807, 2.05) is 0 Å². The van der Waals surface area contributed by atoms with E-state index in [-0.39, 0.29) is 42.8 Å². The van der Waals surface area contributed by atoms with Crippen LogP contribution in [0.3, 0.4) is 0 Å². The van der Waals surface area contributed by atoms with Crippen LogP contribution >= 0.6 is 23.2 Å². The van der Waals surface area contributed by atoms with Crippen molar-refractivity contribution in [3.63, 3.8) is 0 Å². The Kier molecular flexibility index (Phi) is 5.16. The number of nitrogens with one attached hydrogen (secondary N) is 1. The van der Waals surface area contributed by atoms with Crippen molar-refractivity contribution in [3.05, 3.63) is 45.7 Å². The molecule has 4 atom stereocenters. The second-order valence-corrected chi connectivity index (χ2v) is 7.88. The van der Waals surface area contributed by atoms with Gasteiger partial charge in [-0.15, -0.1) is 0 Å². The number of pyridine rings is 1. The Labute approximate surface area is 179 Å². The molecule has 2 saturated heterocycles. The summed E-state index contributed by atoms with van der Waals surface area (Å²) < 4.78 is 36.4. The minimum Gasteiger partial charge on any atom is -0.472 e. The molecule has 2 fully saturated rings. The fourth-order valence-corrected chi connectivity index (χ4v) is 3.87. The zero-order chi connectivity index (χ0) is 20.8. The summed E-state index contributed by atoms with van der Waals surface area (Å²) in [5.41, 5.74) is 1.18. The Morgan fingerprint density at radius 2 is 2.00 bits per heavy atom. The average molecular weight is 456 g/mol. The van der Waals surface area contributed by atoms with Crippen LogP contribution in [0.5, 0.6) is 11.9 Å². The molecule has 4 heterocycles. The topological polar surface area (TPSA) is 98.7 Å². The summed E-state index contributed by atoms with van der Waals surface area (Å²) in [7, 11) is 0. The molecule has 2 aliphatic heterocycles. The second-order valence-electron chi connectivity index (χ2n) is 7.03. The Hall–Kier alpha value is -2.17. The van der Waals surface area contributed by atoms with E-state index in [1.165, 1.54) is 12.1 Å². The van der Waals surface area contributed by atoms with Crippen LogP contribution in [0, 0.1) is 5.82 Å². The summed E-state index contributed by atoms with van der Waals surface area (Å²) in [6, 6.07) is 6.13. The van der Waals surface area contributed by atoms with Gasteiger partial charge in [0.05, 0.1) is 18.7 Å². The van der Waals surface area contributed by atoms with Gasteiger partial charge >= 0.3 is 0 Å². The van der Waals surface area contributed by atoms with E-state index in [4.69, 9.17) is 42.1 Å². The number of H-pyrrole nitrogens is 1. The molecule has 0 aliphatic carbocycles. The summed E-state index contributed by atoms with van der Waals surface area (Å²) in [5.74, 6) is -0.366. The van der Waals surface area contributed by atoms with Gasteiger partial charge in [-0.25, -0.2) is 4.39 Å². The normalized spacial score (nSPS) is 25.6. The highest BCUT2D eigenvalue weighted by atomic mass is 35.5. The molecule has 8 nitrogen and oxygen atoms in total. The largest absolute Gasteiger partial charge is 0.472 e. The van der Waals surface area contributed by atoms with E-state index in [2.05, 4.69) is 15.0 Å². The number of rotatable bonds is 5. The number of aliphatic hydroxyl groups is 1. The standard InChI is InChI=1S/C19H16Cl2FN3O5/c20-9-2-1-8(11(22)3-9)5-29-18-10(21)4-12-17(24-18)25-19(23-12)30-14-7-28-15-13(26)6-27-16(14)15/h1-4,13-16,26H,5-7H2,(H,23,24,25)/t13-,14-,15-,16-/m1/s1. The molecule has 158 valence electrons. The molecule has 11 heteroatoms. The molecule has 2 N–H and O–H groups in total. The van der Waals surface area contributed by atoms with E-state index in [9.17, 15) is 9.50 Å². The van der Waals surface area contributed by atoms with E-state index >= 15 is 0 Å². The Balaban J connectivity index is 1.32. The third kappa shape index (κ3) is 3.67. The molecule has 5 rings (SSSR count). The number of fused-ring (bicyclic) bond motifs is 2. The smallest absolute Gasteiger partial charge is 0.296 e. The van der Waals surface area contributed by atoms with E-state index in [0.29, 0.717) is 21.7 Å². The van der Waals surface area contributed by atoms with Gasteiger partial charge in [0.2, 0.25) is 5.88 Å². The number of hydrogen-bond donors (Lipinski definition) is 2. The molecule has 0 spiro atoms. The van der Waals surface area contributed by atoms with Gasteiger partial charge in [-0.05, 0) is 18.2 Å². The first-order valence-corrected chi connectivity index (χ1v) is 9.94. The highest BCUT2D eigenvalue weighted by molar-refractivity contribution is 6.32. The fraction of sp³-hybridized carbons (Fsp3) is 0.368. The maximum atomic E-state index is 13.9. The predicted octanol–water partition coefficient (Wildman–Crippen LogP) is 2.89. The van der Waals surface area contributed by atoms with Gasteiger partial charge in [-0.3, -0.25) is 0 Å². The molecule has 3 aromatic rings. The summed E-state index contributed by atoms with van der Waals surface area (Å²) in [4.78, 5) is 11.6.